The summed E-state index contributed by atoms with van der Waals surface area (Å²) in [5, 5.41) is 9.91. The van der Waals surface area contributed by atoms with Gasteiger partial charge in [0, 0.05) is 19.2 Å². The fourth-order valence-electron chi connectivity index (χ4n) is 2.69. The van der Waals surface area contributed by atoms with Crippen LogP contribution >= 0.6 is 0 Å². The van der Waals surface area contributed by atoms with Gasteiger partial charge in [0.1, 0.15) is 11.8 Å². The van der Waals surface area contributed by atoms with Gasteiger partial charge in [-0.05, 0) is 25.3 Å². The van der Waals surface area contributed by atoms with Gasteiger partial charge in [-0.2, -0.15) is 0 Å². The highest BCUT2D eigenvalue weighted by molar-refractivity contribution is 5.94. The molecule has 0 aliphatic carbocycles. The van der Waals surface area contributed by atoms with Crippen molar-refractivity contribution in [3.8, 4) is 0 Å². The van der Waals surface area contributed by atoms with E-state index in [2.05, 4.69) is 15.8 Å². The van der Waals surface area contributed by atoms with Gasteiger partial charge >= 0.3 is 0 Å². The summed E-state index contributed by atoms with van der Waals surface area (Å²) in [4.78, 5) is 12.6. The van der Waals surface area contributed by atoms with Crippen LogP contribution in [0, 0.1) is 6.92 Å². The molecular formula is C17H21N3O3. The maximum Gasteiger partial charge on any atom is 0.247 e. The lowest BCUT2D eigenvalue weighted by molar-refractivity contribution is -0.118. The second-order valence-corrected chi connectivity index (χ2v) is 5.70. The lowest BCUT2D eigenvalue weighted by Crippen LogP contribution is -2.37. The molecule has 23 heavy (non-hydrogen) atoms. The van der Waals surface area contributed by atoms with E-state index in [-0.39, 0.29) is 12.0 Å². The van der Waals surface area contributed by atoms with E-state index in [9.17, 15) is 4.79 Å². The lowest BCUT2D eigenvalue weighted by atomic mass is 10.1. The molecular weight excluding hydrogens is 294 g/mol. The average molecular weight is 315 g/mol. The van der Waals surface area contributed by atoms with Gasteiger partial charge in [-0.15, -0.1) is 0 Å². The topological polar surface area (TPSA) is 76.4 Å². The third-order valence-electron chi connectivity index (χ3n) is 3.85. The van der Waals surface area contributed by atoms with Crippen molar-refractivity contribution in [3.63, 3.8) is 0 Å². The largest absolute Gasteiger partial charge is 0.377 e. The molecule has 1 fully saturated rings. The van der Waals surface area contributed by atoms with Crippen molar-refractivity contribution in [1.29, 1.82) is 0 Å². The maximum absolute atomic E-state index is 12.6. The van der Waals surface area contributed by atoms with Crippen molar-refractivity contribution in [2.24, 2.45) is 0 Å². The summed E-state index contributed by atoms with van der Waals surface area (Å²) in [6.07, 6.45) is 2.27. The Bertz CT molecular complexity index is 636. The van der Waals surface area contributed by atoms with Crippen LogP contribution in [-0.2, 0) is 9.53 Å². The smallest absolute Gasteiger partial charge is 0.247 e. The molecule has 6 nitrogen and oxygen atoms in total. The minimum Gasteiger partial charge on any atom is -0.377 e. The number of hydrogen-bond donors (Lipinski definition) is 2. The Balaban J connectivity index is 1.69. The number of amides is 1. The highest BCUT2D eigenvalue weighted by Gasteiger charge is 2.24. The second kappa shape index (κ2) is 7.39. The van der Waals surface area contributed by atoms with Gasteiger partial charge in [0.05, 0.1) is 6.10 Å². The summed E-state index contributed by atoms with van der Waals surface area (Å²) in [5.41, 5.74) is 0.906. The number of benzene rings is 1. The van der Waals surface area contributed by atoms with Crippen LogP contribution in [0.15, 0.2) is 40.9 Å². The number of ether oxygens (including phenoxy) is 1. The molecule has 1 aromatic heterocycles. The van der Waals surface area contributed by atoms with Crippen molar-refractivity contribution < 1.29 is 14.1 Å². The summed E-state index contributed by atoms with van der Waals surface area (Å²) >= 11 is 0. The normalized spacial score (nSPS) is 18.7. The summed E-state index contributed by atoms with van der Waals surface area (Å²) < 4.78 is 10.6. The fraction of sp³-hybridized carbons (Fsp3) is 0.412. The quantitative estimate of drug-likeness (QED) is 0.856. The first kappa shape index (κ1) is 15.7. The van der Waals surface area contributed by atoms with Gasteiger partial charge in [0.15, 0.2) is 5.82 Å². The molecule has 2 aromatic rings. The van der Waals surface area contributed by atoms with Crippen LogP contribution in [0.2, 0.25) is 0 Å². The molecule has 122 valence electrons. The Morgan fingerprint density at radius 1 is 1.39 bits per heavy atom. The standard InChI is InChI=1S/C17H21N3O3/c1-12-10-15(20-23-12)19-17(21)16(13-6-3-2-4-7-13)18-11-14-8-5-9-22-14/h2-4,6-7,10,14,16,18H,5,8-9,11H2,1H3,(H,19,20,21)/t14-,16-/m1/s1. The molecule has 2 atom stereocenters. The third-order valence-corrected chi connectivity index (χ3v) is 3.85. The van der Waals surface area contributed by atoms with Gasteiger partial charge in [-0.1, -0.05) is 35.5 Å². The van der Waals surface area contributed by atoms with Crippen LogP contribution in [0.1, 0.15) is 30.2 Å². The molecule has 0 bridgehead atoms. The summed E-state index contributed by atoms with van der Waals surface area (Å²) in [5.74, 6) is 0.915. The zero-order chi connectivity index (χ0) is 16.1. The van der Waals surface area contributed by atoms with Crippen LogP contribution in [-0.4, -0.2) is 30.3 Å². The monoisotopic (exact) mass is 315 g/mol. The van der Waals surface area contributed by atoms with Crippen molar-refractivity contribution in [2.45, 2.75) is 31.9 Å². The minimum atomic E-state index is -0.461. The number of carbonyl (C=O) groups is 1. The molecule has 3 rings (SSSR count). The first-order valence-electron chi connectivity index (χ1n) is 7.86. The maximum atomic E-state index is 12.6. The number of carbonyl (C=O) groups excluding carboxylic acids is 1. The van der Waals surface area contributed by atoms with Crippen molar-refractivity contribution >= 4 is 11.7 Å². The molecule has 1 aromatic carbocycles. The Morgan fingerprint density at radius 3 is 2.87 bits per heavy atom. The lowest BCUT2D eigenvalue weighted by Gasteiger charge is -2.20. The number of aryl methyl sites for hydroxylation is 1. The van der Waals surface area contributed by atoms with E-state index in [1.54, 1.807) is 13.0 Å². The molecule has 2 heterocycles. The Kier molecular flexibility index (Phi) is 5.05. The fourth-order valence-corrected chi connectivity index (χ4v) is 2.69. The summed E-state index contributed by atoms with van der Waals surface area (Å²) in [7, 11) is 0. The SMILES string of the molecule is Cc1cc(NC(=O)[C@H](NC[C@H]2CCCO2)c2ccccc2)no1. The van der Waals surface area contributed by atoms with E-state index in [0.29, 0.717) is 18.1 Å². The minimum absolute atomic E-state index is 0.164. The highest BCUT2D eigenvalue weighted by Crippen LogP contribution is 2.18. The van der Waals surface area contributed by atoms with Crippen molar-refractivity contribution in [2.75, 3.05) is 18.5 Å². The van der Waals surface area contributed by atoms with Crippen LogP contribution < -0.4 is 10.6 Å². The van der Waals surface area contributed by atoms with E-state index >= 15 is 0 Å². The van der Waals surface area contributed by atoms with Crippen molar-refractivity contribution in [3.05, 3.63) is 47.7 Å². The molecule has 0 radical (unpaired) electrons. The Labute approximate surface area is 135 Å². The van der Waals surface area contributed by atoms with E-state index < -0.39 is 6.04 Å². The third kappa shape index (κ3) is 4.18. The van der Waals surface area contributed by atoms with Gasteiger partial charge in [0.2, 0.25) is 5.91 Å². The molecule has 6 heteroatoms. The van der Waals surface area contributed by atoms with E-state index in [1.807, 2.05) is 30.3 Å². The van der Waals surface area contributed by atoms with E-state index in [4.69, 9.17) is 9.26 Å². The van der Waals surface area contributed by atoms with Crippen molar-refractivity contribution in [1.82, 2.24) is 10.5 Å². The number of rotatable bonds is 6. The van der Waals surface area contributed by atoms with Gasteiger partial charge in [0.25, 0.3) is 0 Å². The molecule has 1 aliphatic heterocycles. The zero-order valence-corrected chi connectivity index (χ0v) is 13.1. The summed E-state index contributed by atoms with van der Waals surface area (Å²) in [6.45, 7) is 3.23. The van der Waals surface area contributed by atoms with Gasteiger partial charge in [-0.3, -0.25) is 10.1 Å². The molecule has 0 unspecified atom stereocenters. The first-order valence-corrected chi connectivity index (χ1v) is 7.86. The second-order valence-electron chi connectivity index (χ2n) is 5.70. The predicted octanol–water partition coefficient (Wildman–Crippen LogP) is 2.43. The molecule has 1 saturated heterocycles. The van der Waals surface area contributed by atoms with E-state index in [1.165, 1.54) is 0 Å². The van der Waals surface area contributed by atoms with Gasteiger partial charge < -0.3 is 14.6 Å². The van der Waals surface area contributed by atoms with Gasteiger partial charge in [-0.25, -0.2) is 0 Å². The summed E-state index contributed by atoms with van der Waals surface area (Å²) in [6, 6.07) is 10.9. The first-order chi connectivity index (χ1) is 11.2. The van der Waals surface area contributed by atoms with Crippen LogP contribution in [0.25, 0.3) is 0 Å². The molecule has 1 aliphatic rings. The zero-order valence-electron chi connectivity index (χ0n) is 13.1. The number of nitrogens with zero attached hydrogens (tertiary/aromatic N) is 1. The molecule has 0 spiro atoms. The number of hydrogen-bond acceptors (Lipinski definition) is 5. The van der Waals surface area contributed by atoms with E-state index in [0.717, 1.165) is 25.0 Å². The average Bonchev–Trinajstić information content (AvgIpc) is 3.20. The predicted molar refractivity (Wildman–Crippen MR) is 86.0 cm³/mol. The molecule has 2 N–H and O–H groups in total. The molecule has 0 saturated carbocycles. The highest BCUT2D eigenvalue weighted by atomic mass is 16.5. The Hall–Kier alpha value is -2.18. The number of aromatic nitrogens is 1. The van der Waals surface area contributed by atoms with Crippen LogP contribution in [0.5, 0.6) is 0 Å². The number of nitrogens with one attached hydrogen (secondary N) is 2. The number of anilines is 1. The van der Waals surface area contributed by atoms with Crippen LogP contribution in [0.3, 0.4) is 0 Å². The van der Waals surface area contributed by atoms with Crippen LogP contribution in [0.4, 0.5) is 5.82 Å². The Morgan fingerprint density at radius 2 is 2.22 bits per heavy atom. The molecule has 1 amide bonds.